The van der Waals surface area contributed by atoms with Crippen molar-refractivity contribution >= 4 is 17.3 Å². The van der Waals surface area contributed by atoms with Gasteiger partial charge in [0.05, 0.1) is 12.8 Å². The first-order valence-corrected chi connectivity index (χ1v) is 6.03. The molecule has 2 rings (SSSR count). The Kier molecular flexibility index (Phi) is 4.12. The SMILES string of the molecule is COc1cc(Cl)cc(CNc2ccccc2F)c1O. The van der Waals surface area contributed by atoms with Gasteiger partial charge in [0.1, 0.15) is 5.82 Å². The van der Waals surface area contributed by atoms with E-state index < -0.39 is 0 Å². The zero-order valence-corrected chi connectivity index (χ0v) is 11.0. The lowest BCUT2D eigenvalue weighted by Crippen LogP contribution is -2.02. The summed E-state index contributed by atoms with van der Waals surface area (Å²) < 4.78 is 18.4. The van der Waals surface area contributed by atoms with Crippen LogP contribution in [0.25, 0.3) is 0 Å². The van der Waals surface area contributed by atoms with E-state index in [4.69, 9.17) is 16.3 Å². The van der Waals surface area contributed by atoms with Crippen LogP contribution in [0.4, 0.5) is 10.1 Å². The Labute approximate surface area is 115 Å². The molecule has 0 aliphatic carbocycles. The summed E-state index contributed by atoms with van der Waals surface area (Å²) in [5.41, 5.74) is 0.897. The predicted octanol–water partition coefficient (Wildman–Crippen LogP) is 3.81. The Bertz CT molecular complexity index is 590. The molecule has 2 aromatic carbocycles. The zero-order chi connectivity index (χ0) is 13.8. The molecule has 0 aliphatic heterocycles. The monoisotopic (exact) mass is 281 g/mol. The van der Waals surface area contributed by atoms with Gasteiger partial charge in [0.2, 0.25) is 0 Å². The highest BCUT2D eigenvalue weighted by Gasteiger charge is 2.10. The normalized spacial score (nSPS) is 10.3. The van der Waals surface area contributed by atoms with Gasteiger partial charge in [-0.3, -0.25) is 0 Å². The average molecular weight is 282 g/mol. The maximum absolute atomic E-state index is 13.4. The quantitative estimate of drug-likeness (QED) is 0.895. The second-order valence-corrected chi connectivity index (χ2v) is 4.39. The van der Waals surface area contributed by atoms with Crippen molar-refractivity contribution in [3.63, 3.8) is 0 Å². The Morgan fingerprint density at radius 3 is 2.74 bits per heavy atom. The Morgan fingerprint density at radius 2 is 2.05 bits per heavy atom. The van der Waals surface area contributed by atoms with Crippen molar-refractivity contribution < 1.29 is 14.2 Å². The van der Waals surface area contributed by atoms with E-state index in [9.17, 15) is 9.50 Å². The van der Waals surface area contributed by atoms with Gasteiger partial charge in [0, 0.05) is 23.2 Å². The number of phenolic OH excluding ortho intramolecular Hbond substituents is 1. The predicted molar refractivity (Wildman–Crippen MR) is 73.4 cm³/mol. The molecule has 0 fully saturated rings. The smallest absolute Gasteiger partial charge is 0.162 e. The number of benzene rings is 2. The van der Waals surface area contributed by atoms with Gasteiger partial charge in [-0.2, -0.15) is 0 Å². The molecule has 0 unspecified atom stereocenters. The van der Waals surface area contributed by atoms with Crippen LogP contribution < -0.4 is 10.1 Å². The fourth-order valence-corrected chi connectivity index (χ4v) is 1.94. The third kappa shape index (κ3) is 3.09. The number of phenols is 1. The number of methoxy groups -OCH3 is 1. The number of aromatic hydroxyl groups is 1. The molecule has 0 heterocycles. The Morgan fingerprint density at radius 1 is 1.32 bits per heavy atom. The van der Waals surface area contributed by atoms with Crippen molar-refractivity contribution in [3.05, 3.63) is 52.8 Å². The van der Waals surface area contributed by atoms with Crippen molar-refractivity contribution in [1.29, 1.82) is 0 Å². The highest BCUT2D eigenvalue weighted by molar-refractivity contribution is 6.30. The van der Waals surface area contributed by atoms with E-state index in [1.807, 2.05) is 0 Å². The first-order chi connectivity index (χ1) is 9.11. The summed E-state index contributed by atoms with van der Waals surface area (Å²) in [5.74, 6) is -0.0652. The van der Waals surface area contributed by atoms with Gasteiger partial charge in [-0.1, -0.05) is 23.7 Å². The van der Waals surface area contributed by atoms with Crippen LogP contribution >= 0.6 is 11.6 Å². The number of para-hydroxylation sites is 1. The molecule has 5 heteroatoms. The van der Waals surface area contributed by atoms with Gasteiger partial charge in [-0.05, 0) is 18.2 Å². The molecule has 0 amide bonds. The number of rotatable bonds is 4. The second-order valence-electron chi connectivity index (χ2n) is 3.95. The molecule has 0 bridgehead atoms. The van der Waals surface area contributed by atoms with Crippen LogP contribution in [0.1, 0.15) is 5.56 Å². The van der Waals surface area contributed by atoms with E-state index >= 15 is 0 Å². The highest BCUT2D eigenvalue weighted by Crippen LogP contribution is 2.33. The van der Waals surface area contributed by atoms with Gasteiger partial charge < -0.3 is 15.2 Å². The summed E-state index contributed by atoms with van der Waals surface area (Å²) in [4.78, 5) is 0. The summed E-state index contributed by atoms with van der Waals surface area (Å²) >= 11 is 5.92. The molecule has 0 atom stereocenters. The molecular formula is C14H13ClFNO2. The van der Waals surface area contributed by atoms with E-state index in [0.717, 1.165) is 0 Å². The van der Waals surface area contributed by atoms with Crippen LogP contribution in [0.5, 0.6) is 11.5 Å². The number of anilines is 1. The molecule has 2 aromatic rings. The first-order valence-electron chi connectivity index (χ1n) is 5.65. The Hall–Kier alpha value is -1.94. The summed E-state index contributed by atoms with van der Waals surface area (Å²) in [6.07, 6.45) is 0. The molecule has 0 saturated heterocycles. The summed E-state index contributed by atoms with van der Waals surface area (Å²) in [7, 11) is 1.44. The number of halogens is 2. The number of hydrogen-bond donors (Lipinski definition) is 2. The molecule has 0 saturated carbocycles. The fourth-order valence-electron chi connectivity index (χ4n) is 1.71. The van der Waals surface area contributed by atoms with Crippen LogP contribution in [0.2, 0.25) is 5.02 Å². The van der Waals surface area contributed by atoms with Crippen molar-refractivity contribution in [2.24, 2.45) is 0 Å². The minimum Gasteiger partial charge on any atom is -0.504 e. The van der Waals surface area contributed by atoms with Crippen LogP contribution in [0.3, 0.4) is 0 Å². The van der Waals surface area contributed by atoms with E-state index in [1.54, 1.807) is 24.3 Å². The maximum Gasteiger partial charge on any atom is 0.162 e. The average Bonchev–Trinajstić information content (AvgIpc) is 2.41. The van der Waals surface area contributed by atoms with Gasteiger partial charge >= 0.3 is 0 Å². The molecule has 2 N–H and O–H groups in total. The summed E-state index contributed by atoms with van der Waals surface area (Å²) in [5, 5.41) is 13.3. The van der Waals surface area contributed by atoms with E-state index in [1.165, 1.54) is 19.2 Å². The maximum atomic E-state index is 13.4. The van der Waals surface area contributed by atoms with E-state index in [0.29, 0.717) is 16.3 Å². The van der Waals surface area contributed by atoms with Crippen LogP contribution in [0, 0.1) is 5.82 Å². The number of nitrogens with one attached hydrogen (secondary N) is 1. The van der Waals surface area contributed by atoms with Gasteiger partial charge in [-0.15, -0.1) is 0 Å². The van der Waals surface area contributed by atoms with Crippen LogP contribution in [0.15, 0.2) is 36.4 Å². The van der Waals surface area contributed by atoms with Gasteiger partial charge in [-0.25, -0.2) is 4.39 Å². The van der Waals surface area contributed by atoms with Crippen LogP contribution in [-0.2, 0) is 6.54 Å². The lowest BCUT2D eigenvalue weighted by molar-refractivity contribution is 0.371. The molecule has 0 aliphatic rings. The molecular weight excluding hydrogens is 269 g/mol. The molecule has 3 nitrogen and oxygen atoms in total. The van der Waals surface area contributed by atoms with E-state index in [2.05, 4.69) is 5.32 Å². The van der Waals surface area contributed by atoms with Gasteiger partial charge in [0.15, 0.2) is 11.5 Å². The third-order valence-electron chi connectivity index (χ3n) is 2.68. The molecule has 0 radical (unpaired) electrons. The molecule has 19 heavy (non-hydrogen) atoms. The zero-order valence-electron chi connectivity index (χ0n) is 10.3. The number of ether oxygens (including phenoxy) is 1. The second kappa shape index (κ2) is 5.80. The minimum atomic E-state index is -0.351. The molecule has 0 aromatic heterocycles. The van der Waals surface area contributed by atoms with E-state index in [-0.39, 0.29) is 23.9 Å². The summed E-state index contributed by atoms with van der Waals surface area (Å²) in [6.45, 7) is 0.240. The summed E-state index contributed by atoms with van der Waals surface area (Å²) in [6, 6.07) is 9.44. The minimum absolute atomic E-state index is 0.00395. The standard InChI is InChI=1S/C14H13ClFNO2/c1-19-13-7-10(15)6-9(14(13)18)8-17-12-5-3-2-4-11(12)16/h2-7,17-18H,8H2,1H3. The largest absolute Gasteiger partial charge is 0.504 e. The Balaban J connectivity index is 2.20. The van der Waals surface area contributed by atoms with Crippen molar-refractivity contribution in [2.45, 2.75) is 6.54 Å². The lowest BCUT2D eigenvalue weighted by atomic mass is 10.1. The highest BCUT2D eigenvalue weighted by atomic mass is 35.5. The van der Waals surface area contributed by atoms with Crippen LogP contribution in [-0.4, -0.2) is 12.2 Å². The van der Waals surface area contributed by atoms with Gasteiger partial charge in [0.25, 0.3) is 0 Å². The van der Waals surface area contributed by atoms with Crippen molar-refractivity contribution in [3.8, 4) is 11.5 Å². The van der Waals surface area contributed by atoms with Crippen molar-refractivity contribution in [1.82, 2.24) is 0 Å². The van der Waals surface area contributed by atoms with Crippen molar-refractivity contribution in [2.75, 3.05) is 12.4 Å². The lowest BCUT2D eigenvalue weighted by Gasteiger charge is -2.12. The fraction of sp³-hybridized carbons (Fsp3) is 0.143. The molecule has 100 valence electrons. The molecule has 0 spiro atoms. The third-order valence-corrected chi connectivity index (χ3v) is 2.90. The first kappa shape index (κ1) is 13.5. The topological polar surface area (TPSA) is 41.5 Å². The number of hydrogen-bond acceptors (Lipinski definition) is 3.